The van der Waals surface area contributed by atoms with Gasteiger partial charge < -0.3 is 10.2 Å². The molecule has 2 unspecified atom stereocenters. The Balaban J connectivity index is 2.74. The number of sulfone groups is 1. The number of rotatable bonds is 5. The van der Waals surface area contributed by atoms with Crippen molar-refractivity contribution in [1.82, 2.24) is 10.2 Å². The molecule has 0 aliphatic carbocycles. The lowest BCUT2D eigenvalue weighted by Gasteiger charge is -2.37. The topological polar surface area (TPSA) is 66.5 Å². The fourth-order valence-electron chi connectivity index (χ4n) is 2.32. The molecule has 0 saturated carbocycles. The Labute approximate surface area is 110 Å². The van der Waals surface area contributed by atoms with Crippen LogP contribution in [-0.4, -0.2) is 56.9 Å². The third-order valence-corrected chi connectivity index (χ3v) is 5.11. The van der Waals surface area contributed by atoms with Crippen LogP contribution < -0.4 is 5.32 Å². The van der Waals surface area contributed by atoms with Crippen molar-refractivity contribution in [3.05, 3.63) is 0 Å². The summed E-state index contributed by atoms with van der Waals surface area (Å²) in [5, 5.41) is 2.15. The summed E-state index contributed by atoms with van der Waals surface area (Å²) in [6.07, 6.45) is 5.08. The standard InChI is InChI=1S/C12H24N2O3S/c1-10(18(3,16)17)12(15)14-9-5-4-6-11(14)7-8-13-2/h10-11,13H,4-9H2,1-3H3. The van der Waals surface area contributed by atoms with Gasteiger partial charge in [0.1, 0.15) is 5.25 Å². The molecule has 106 valence electrons. The molecular weight excluding hydrogens is 252 g/mol. The number of likely N-dealkylation sites (tertiary alicyclic amines) is 1. The minimum absolute atomic E-state index is 0.183. The summed E-state index contributed by atoms with van der Waals surface area (Å²) in [5.74, 6) is -0.238. The normalized spacial score (nSPS) is 22.8. The van der Waals surface area contributed by atoms with Gasteiger partial charge in [-0.1, -0.05) is 0 Å². The number of carbonyl (C=O) groups excluding carboxylic acids is 1. The maximum absolute atomic E-state index is 12.2. The predicted molar refractivity (Wildman–Crippen MR) is 72.2 cm³/mol. The van der Waals surface area contributed by atoms with E-state index in [-0.39, 0.29) is 11.9 Å². The minimum atomic E-state index is -3.30. The molecule has 1 fully saturated rings. The maximum Gasteiger partial charge on any atom is 0.240 e. The second kappa shape index (κ2) is 6.52. The van der Waals surface area contributed by atoms with E-state index in [1.54, 1.807) is 4.90 Å². The largest absolute Gasteiger partial charge is 0.339 e. The molecule has 0 aromatic rings. The van der Waals surface area contributed by atoms with Gasteiger partial charge in [-0.25, -0.2) is 8.42 Å². The summed E-state index contributed by atoms with van der Waals surface area (Å²) >= 11 is 0. The fourth-order valence-corrected chi connectivity index (χ4v) is 2.82. The van der Waals surface area contributed by atoms with E-state index in [2.05, 4.69) is 5.32 Å². The summed E-state index contributed by atoms with van der Waals surface area (Å²) in [6, 6.07) is 0.183. The number of amides is 1. The summed E-state index contributed by atoms with van der Waals surface area (Å²) in [5.41, 5.74) is 0. The lowest BCUT2D eigenvalue weighted by molar-refractivity contribution is -0.134. The van der Waals surface area contributed by atoms with Crippen molar-refractivity contribution in [2.45, 2.75) is 43.9 Å². The molecule has 18 heavy (non-hydrogen) atoms. The van der Waals surface area contributed by atoms with E-state index in [0.717, 1.165) is 38.5 Å². The van der Waals surface area contributed by atoms with Gasteiger partial charge in [-0.05, 0) is 46.2 Å². The summed E-state index contributed by atoms with van der Waals surface area (Å²) in [6.45, 7) is 3.02. The van der Waals surface area contributed by atoms with Gasteiger partial charge in [-0.3, -0.25) is 4.79 Å². The molecule has 6 heteroatoms. The van der Waals surface area contributed by atoms with Gasteiger partial charge in [0.05, 0.1) is 0 Å². The molecule has 1 rings (SSSR count). The maximum atomic E-state index is 12.2. The Morgan fingerprint density at radius 1 is 1.44 bits per heavy atom. The van der Waals surface area contributed by atoms with Crippen LogP contribution in [0.2, 0.25) is 0 Å². The van der Waals surface area contributed by atoms with Crippen molar-refractivity contribution in [2.24, 2.45) is 0 Å². The fraction of sp³-hybridized carbons (Fsp3) is 0.917. The van der Waals surface area contributed by atoms with Crippen LogP contribution in [0.3, 0.4) is 0 Å². The SMILES string of the molecule is CNCCC1CCCCN1C(=O)C(C)S(C)(=O)=O. The summed E-state index contributed by atoms with van der Waals surface area (Å²) in [4.78, 5) is 14.0. The van der Waals surface area contributed by atoms with E-state index < -0.39 is 15.1 Å². The van der Waals surface area contributed by atoms with E-state index in [1.165, 1.54) is 6.92 Å². The quantitative estimate of drug-likeness (QED) is 0.790. The van der Waals surface area contributed by atoms with Gasteiger partial charge in [0.2, 0.25) is 5.91 Å². The molecule has 5 nitrogen and oxygen atoms in total. The second-order valence-electron chi connectivity index (χ2n) is 5.05. The summed E-state index contributed by atoms with van der Waals surface area (Å²) < 4.78 is 23.0. The van der Waals surface area contributed by atoms with Crippen molar-refractivity contribution in [3.63, 3.8) is 0 Å². The molecule has 1 saturated heterocycles. The zero-order chi connectivity index (χ0) is 13.8. The zero-order valence-electron chi connectivity index (χ0n) is 11.5. The minimum Gasteiger partial charge on any atom is -0.339 e. The van der Waals surface area contributed by atoms with E-state index in [1.807, 2.05) is 7.05 Å². The number of carbonyl (C=O) groups is 1. The highest BCUT2D eigenvalue weighted by Crippen LogP contribution is 2.21. The van der Waals surface area contributed by atoms with E-state index >= 15 is 0 Å². The highest BCUT2D eigenvalue weighted by atomic mass is 32.2. The first-order valence-electron chi connectivity index (χ1n) is 6.52. The van der Waals surface area contributed by atoms with Gasteiger partial charge in [0, 0.05) is 18.8 Å². The molecule has 0 aromatic carbocycles. The van der Waals surface area contributed by atoms with Crippen LogP contribution >= 0.6 is 0 Å². The average Bonchev–Trinajstić information content (AvgIpc) is 2.33. The highest BCUT2D eigenvalue weighted by molar-refractivity contribution is 7.92. The predicted octanol–water partition coefficient (Wildman–Crippen LogP) is 0.410. The van der Waals surface area contributed by atoms with Gasteiger partial charge in [-0.2, -0.15) is 0 Å². The molecule has 0 bridgehead atoms. The van der Waals surface area contributed by atoms with Gasteiger partial charge in [-0.15, -0.1) is 0 Å². The first kappa shape index (κ1) is 15.4. The van der Waals surface area contributed by atoms with Gasteiger partial charge in [0.25, 0.3) is 0 Å². The van der Waals surface area contributed by atoms with Crippen LogP contribution in [0.1, 0.15) is 32.6 Å². The number of piperidine rings is 1. The number of nitrogens with one attached hydrogen (secondary N) is 1. The molecule has 1 aliphatic heterocycles. The van der Waals surface area contributed by atoms with Crippen LogP contribution in [0.4, 0.5) is 0 Å². The van der Waals surface area contributed by atoms with E-state index in [4.69, 9.17) is 0 Å². The highest BCUT2D eigenvalue weighted by Gasteiger charge is 2.33. The molecule has 0 spiro atoms. The average molecular weight is 276 g/mol. The lowest BCUT2D eigenvalue weighted by Crippen LogP contribution is -2.49. The Kier molecular flexibility index (Phi) is 5.59. The van der Waals surface area contributed by atoms with Crippen LogP contribution in [-0.2, 0) is 14.6 Å². The zero-order valence-corrected chi connectivity index (χ0v) is 12.3. The van der Waals surface area contributed by atoms with Crippen molar-refractivity contribution in [3.8, 4) is 0 Å². The number of hydrogen-bond acceptors (Lipinski definition) is 4. The Bertz CT molecular complexity index is 381. The third-order valence-electron chi connectivity index (χ3n) is 3.63. The lowest BCUT2D eigenvalue weighted by atomic mass is 9.99. The van der Waals surface area contributed by atoms with E-state index in [9.17, 15) is 13.2 Å². The third kappa shape index (κ3) is 3.95. The van der Waals surface area contributed by atoms with Crippen molar-refractivity contribution in [2.75, 3.05) is 26.4 Å². The van der Waals surface area contributed by atoms with Crippen molar-refractivity contribution in [1.29, 1.82) is 0 Å². The molecule has 1 heterocycles. The molecular formula is C12H24N2O3S. The number of hydrogen-bond donors (Lipinski definition) is 1. The monoisotopic (exact) mass is 276 g/mol. The Morgan fingerprint density at radius 3 is 2.67 bits per heavy atom. The molecule has 1 amide bonds. The molecule has 0 radical (unpaired) electrons. The van der Waals surface area contributed by atoms with E-state index in [0.29, 0.717) is 6.54 Å². The Morgan fingerprint density at radius 2 is 2.11 bits per heavy atom. The van der Waals surface area contributed by atoms with Crippen molar-refractivity contribution >= 4 is 15.7 Å². The Hall–Kier alpha value is -0.620. The summed E-state index contributed by atoms with van der Waals surface area (Å²) in [7, 11) is -1.42. The smallest absolute Gasteiger partial charge is 0.240 e. The molecule has 1 aliphatic rings. The van der Waals surface area contributed by atoms with Crippen LogP contribution in [0.5, 0.6) is 0 Å². The number of nitrogens with zero attached hydrogens (tertiary/aromatic N) is 1. The first-order valence-corrected chi connectivity index (χ1v) is 8.47. The molecule has 1 N–H and O–H groups in total. The van der Waals surface area contributed by atoms with Crippen molar-refractivity contribution < 1.29 is 13.2 Å². The van der Waals surface area contributed by atoms with Crippen LogP contribution in [0.25, 0.3) is 0 Å². The first-order chi connectivity index (χ1) is 8.38. The second-order valence-corrected chi connectivity index (χ2v) is 7.41. The van der Waals surface area contributed by atoms with Crippen LogP contribution in [0, 0.1) is 0 Å². The van der Waals surface area contributed by atoms with Gasteiger partial charge >= 0.3 is 0 Å². The molecule has 2 atom stereocenters. The van der Waals surface area contributed by atoms with Gasteiger partial charge in [0.15, 0.2) is 9.84 Å². The molecule has 0 aromatic heterocycles. The van der Waals surface area contributed by atoms with Crippen LogP contribution in [0.15, 0.2) is 0 Å².